The van der Waals surface area contributed by atoms with Gasteiger partial charge in [-0.2, -0.15) is 4.98 Å². The fraction of sp³-hybridized carbons (Fsp3) is 0.0833. The standard InChI is InChI=1S/C24H20N6O2/c1-15-20(23(32)27-19-9-5-6-14-25-19)21(16-10-12-18(31)13-11-16)30-24(26-15)28-22(29-30)17-7-3-2-4-8-17/h2-14,21,31H,1H3,(H,25,27,32)(H,26,28,29). The maximum atomic E-state index is 13.4. The first kappa shape index (κ1) is 19.5. The first-order chi connectivity index (χ1) is 15.6. The largest absolute Gasteiger partial charge is 0.508 e. The van der Waals surface area contributed by atoms with Crippen molar-refractivity contribution in [1.29, 1.82) is 0 Å². The molecular weight excluding hydrogens is 404 g/mol. The third-order valence-corrected chi connectivity index (χ3v) is 5.24. The molecule has 0 radical (unpaired) electrons. The monoisotopic (exact) mass is 424 g/mol. The molecule has 1 unspecified atom stereocenters. The number of nitrogens with zero attached hydrogens (tertiary/aromatic N) is 4. The van der Waals surface area contributed by atoms with Crippen LogP contribution in [0.15, 0.2) is 90.3 Å². The van der Waals surface area contributed by atoms with Crippen LogP contribution in [-0.2, 0) is 4.79 Å². The number of phenols is 1. The number of hydrogen-bond acceptors (Lipinski definition) is 6. The molecule has 0 aliphatic carbocycles. The molecule has 2 aromatic carbocycles. The van der Waals surface area contributed by atoms with E-state index in [1.807, 2.05) is 43.3 Å². The normalized spacial score (nSPS) is 15.1. The van der Waals surface area contributed by atoms with Crippen LogP contribution >= 0.6 is 0 Å². The summed E-state index contributed by atoms with van der Waals surface area (Å²) in [6.07, 6.45) is 1.62. The minimum absolute atomic E-state index is 0.145. The molecule has 3 N–H and O–H groups in total. The third kappa shape index (κ3) is 3.58. The van der Waals surface area contributed by atoms with Crippen molar-refractivity contribution in [3.8, 4) is 17.1 Å². The predicted molar refractivity (Wildman–Crippen MR) is 121 cm³/mol. The van der Waals surface area contributed by atoms with Crippen LogP contribution in [0.3, 0.4) is 0 Å². The topological polar surface area (TPSA) is 105 Å². The summed E-state index contributed by atoms with van der Waals surface area (Å²) >= 11 is 0. The first-order valence-corrected chi connectivity index (χ1v) is 10.1. The molecule has 8 nitrogen and oxygen atoms in total. The number of anilines is 2. The van der Waals surface area contributed by atoms with Crippen LogP contribution in [0.25, 0.3) is 11.4 Å². The number of aromatic hydroxyl groups is 1. The van der Waals surface area contributed by atoms with E-state index in [-0.39, 0.29) is 11.7 Å². The Morgan fingerprint density at radius 1 is 1.03 bits per heavy atom. The number of fused-ring (bicyclic) bond motifs is 1. The molecule has 32 heavy (non-hydrogen) atoms. The molecule has 5 rings (SSSR count). The van der Waals surface area contributed by atoms with Crippen LogP contribution in [0.4, 0.5) is 11.8 Å². The molecule has 1 aliphatic rings. The summed E-state index contributed by atoms with van der Waals surface area (Å²) in [5, 5.41) is 20.6. The fourth-order valence-corrected chi connectivity index (χ4v) is 3.74. The Kier molecular flexibility index (Phi) is 4.87. The van der Waals surface area contributed by atoms with Gasteiger partial charge in [-0.1, -0.05) is 48.5 Å². The first-order valence-electron chi connectivity index (χ1n) is 10.1. The van der Waals surface area contributed by atoms with Gasteiger partial charge in [-0.3, -0.25) is 4.79 Å². The molecular formula is C24H20N6O2. The molecule has 1 amide bonds. The lowest BCUT2D eigenvalue weighted by Gasteiger charge is -2.28. The van der Waals surface area contributed by atoms with Crippen LogP contribution in [0.5, 0.6) is 5.75 Å². The lowest BCUT2D eigenvalue weighted by Crippen LogP contribution is -2.31. The van der Waals surface area contributed by atoms with Crippen molar-refractivity contribution >= 4 is 17.7 Å². The second kappa shape index (κ2) is 7.99. The van der Waals surface area contributed by atoms with Gasteiger partial charge < -0.3 is 15.7 Å². The van der Waals surface area contributed by atoms with Crippen LogP contribution in [-0.4, -0.2) is 30.8 Å². The van der Waals surface area contributed by atoms with Gasteiger partial charge in [0.15, 0.2) is 5.82 Å². The van der Waals surface area contributed by atoms with Crippen molar-refractivity contribution < 1.29 is 9.90 Å². The highest BCUT2D eigenvalue weighted by atomic mass is 16.3. The minimum atomic E-state index is -0.541. The van der Waals surface area contributed by atoms with Gasteiger partial charge in [-0.05, 0) is 36.8 Å². The zero-order chi connectivity index (χ0) is 22.1. The number of rotatable bonds is 4. The Bertz CT molecular complexity index is 1300. The third-order valence-electron chi connectivity index (χ3n) is 5.24. The van der Waals surface area contributed by atoms with E-state index in [1.165, 1.54) is 0 Å². The summed E-state index contributed by atoms with van der Waals surface area (Å²) in [6, 6.07) is 21.2. The number of carbonyl (C=O) groups excluding carboxylic acids is 1. The van der Waals surface area contributed by atoms with E-state index in [4.69, 9.17) is 5.10 Å². The van der Waals surface area contributed by atoms with Crippen molar-refractivity contribution in [3.05, 3.63) is 95.8 Å². The SMILES string of the molecule is CC1=C(C(=O)Nc2ccccn2)C(c2ccc(O)cc2)n2nc(-c3ccccc3)nc2N1. The molecule has 0 fully saturated rings. The number of phenolic OH excluding ortho intramolecular Hbond substituents is 1. The number of amides is 1. The van der Waals surface area contributed by atoms with Gasteiger partial charge in [0.2, 0.25) is 5.95 Å². The molecule has 2 aromatic heterocycles. The molecule has 3 heterocycles. The van der Waals surface area contributed by atoms with Gasteiger partial charge >= 0.3 is 0 Å². The Morgan fingerprint density at radius 3 is 2.50 bits per heavy atom. The van der Waals surface area contributed by atoms with Gasteiger partial charge in [0.1, 0.15) is 17.6 Å². The summed E-state index contributed by atoms with van der Waals surface area (Å²) in [7, 11) is 0. The Hall–Kier alpha value is -4.46. The highest BCUT2D eigenvalue weighted by Crippen LogP contribution is 2.37. The van der Waals surface area contributed by atoms with E-state index in [2.05, 4.69) is 20.6 Å². The maximum absolute atomic E-state index is 13.4. The Morgan fingerprint density at radius 2 is 1.78 bits per heavy atom. The lowest BCUT2D eigenvalue weighted by molar-refractivity contribution is -0.113. The molecule has 0 saturated carbocycles. The van der Waals surface area contributed by atoms with Crippen molar-refractivity contribution in [1.82, 2.24) is 19.7 Å². The highest BCUT2D eigenvalue weighted by molar-refractivity contribution is 6.05. The highest BCUT2D eigenvalue weighted by Gasteiger charge is 2.34. The van der Waals surface area contributed by atoms with E-state index in [1.54, 1.807) is 47.3 Å². The van der Waals surface area contributed by atoms with Crippen molar-refractivity contribution in [2.75, 3.05) is 10.6 Å². The predicted octanol–water partition coefficient (Wildman–Crippen LogP) is 3.97. The van der Waals surface area contributed by atoms with Gasteiger partial charge in [0.05, 0.1) is 5.57 Å². The molecule has 4 aromatic rings. The molecule has 0 bridgehead atoms. The molecule has 1 aliphatic heterocycles. The average molecular weight is 424 g/mol. The molecule has 0 spiro atoms. The number of benzene rings is 2. The van der Waals surface area contributed by atoms with E-state index < -0.39 is 6.04 Å². The van der Waals surface area contributed by atoms with Crippen molar-refractivity contribution in [2.24, 2.45) is 0 Å². The minimum Gasteiger partial charge on any atom is -0.508 e. The second-order valence-electron chi connectivity index (χ2n) is 7.40. The van der Waals surface area contributed by atoms with Gasteiger partial charge in [0.25, 0.3) is 5.91 Å². The summed E-state index contributed by atoms with van der Waals surface area (Å²) in [4.78, 5) is 22.2. The summed E-state index contributed by atoms with van der Waals surface area (Å²) in [5.41, 5.74) is 2.81. The second-order valence-corrected chi connectivity index (χ2v) is 7.40. The van der Waals surface area contributed by atoms with E-state index >= 15 is 0 Å². The summed E-state index contributed by atoms with van der Waals surface area (Å²) in [6.45, 7) is 1.83. The number of nitrogens with one attached hydrogen (secondary N) is 2. The average Bonchev–Trinajstić information content (AvgIpc) is 3.23. The van der Waals surface area contributed by atoms with E-state index in [0.717, 1.165) is 11.1 Å². The molecule has 8 heteroatoms. The van der Waals surface area contributed by atoms with Crippen LogP contribution in [0.1, 0.15) is 18.5 Å². The van der Waals surface area contributed by atoms with Crippen LogP contribution < -0.4 is 10.6 Å². The smallest absolute Gasteiger partial charge is 0.257 e. The van der Waals surface area contributed by atoms with Gasteiger partial charge in [0, 0.05) is 17.5 Å². The fourth-order valence-electron chi connectivity index (χ4n) is 3.74. The number of hydrogen-bond donors (Lipinski definition) is 3. The zero-order valence-electron chi connectivity index (χ0n) is 17.2. The summed E-state index contributed by atoms with van der Waals surface area (Å²) in [5.74, 6) is 1.39. The quantitative estimate of drug-likeness (QED) is 0.458. The van der Waals surface area contributed by atoms with E-state index in [0.29, 0.717) is 28.9 Å². The molecule has 0 saturated heterocycles. The molecule has 1 atom stereocenters. The van der Waals surface area contributed by atoms with Gasteiger partial charge in [-0.25, -0.2) is 9.67 Å². The summed E-state index contributed by atoms with van der Waals surface area (Å²) < 4.78 is 1.70. The maximum Gasteiger partial charge on any atom is 0.257 e. The number of carbonyl (C=O) groups is 1. The van der Waals surface area contributed by atoms with Gasteiger partial charge in [-0.15, -0.1) is 5.10 Å². The van der Waals surface area contributed by atoms with Crippen LogP contribution in [0.2, 0.25) is 0 Å². The number of aromatic nitrogens is 4. The van der Waals surface area contributed by atoms with E-state index in [9.17, 15) is 9.90 Å². The lowest BCUT2D eigenvalue weighted by atomic mass is 9.95. The Labute approximate surface area is 184 Å². The molecule has 158 valence electrons. The van der Waals surface area contributed by atoms with Crippen molar-refractivity contribution in [2.45, 2.75) is 13.0 Å². The Balaban J connectivity index is 1.60. The van der Waals surface area contributed by atoms with Crippen LogP contribution in [0, 0.1) is 0 Å². The number of allylic oxidation sites excluding steroid dienone is 1. The van der Waals surface area contributed by atoms with Crippen molar-refractivity contribution in [3.63, 3.8) is 0 Å². The zero-order valence-corrected chi connectivity index (χ0v) is 17.2. The number of pyridine rings is 1.